The zero-order valence-electron chi connectivity index (χ0n) is 15.1. The molecule has 0 heterocycles. The van der Waals surface area contributed by atoms with Gasteiger partial charge in [0.15, 0.2) is 6.61 Å². The number of rotatable bonds is 7. The van der Waals surface area contributed by atoms with E-state index in [2.05, 4.69) is 47.0 Å². The number of halogens is 1. The van der Waals surface area contributed by atoms with Crippen LogP contribution < -0.4 is 10.2 Å². The Morgan fingerprint density at radius 3 is 2.69 bits per heavy atom. The van der Waals surface area contributed by atoms with Gasteiger partial charge in [0.25, 0.3) is 5.91 Å². The molecule has 0 radical (unpaired) electrons. The molecule has 0 fully saturated rings. The Kier molecular flexibility index (Phi) is 7.44. The van der Waals surface area contributed by atoms with Gasteiger partial charge in [0.1, 0.15) is 11.5 Å². The number of benzene rings is 2. The fourth-order valence-corrected chi connectivity index (χ4v) is 3.15. The van der Waals surface area contributed by atoms with Crippen LogP contribution in [0.1, 0.15) is 42.9 Å². The van der Waals surface area contributed by atoms with Gasteiger partial charge in [-0.2, -0.15) is 5.10 Å². The Bertz CT molecular complexity index is 788. The molecule has 0 saturated carbocycles. The van der Waals surface area contributed by atoms with Gasteiger partial charge in [-0.3, -0.25) is 4.79 Å². The third-order valence-electron chi connectivity index (χ3n) is 4.12. The van der Waals surface area contributed by atoms with Crippen LogP contribution in [-0.4, -0.2) is 23.8 Å². The zero-order chi connectivity index (χ0) is 19.1. The topological polar surface area (TPSA) is 70.9 Å². The zero-order valence-corrected chi connectivity index (χ0v) is 17.3. The standard InChI is InChI=1S/C20H23IN2O3/c1-4-13(2)15-5-7-18(8-6-15)26-12-19(24)23-22-11-16-10-17(21)9-14(3)20(16)25/h5-11,13,25H,4,12H2,1-3H3,(H,23,24)/b22-11-/t13-/m0/s1. The number of aryl methyl sites for hydroxylation is 1. The Hall–Kier alpha value is -2.09. The highest BCUT2D eigenvalue weighted by molar-refractivity contribution is 14.1. The van der Waals surface area contributed by atoms with Crippen LogP contribution in [0.15, 0.2) is 41.5 Å². The van der Waals surface area contributed by atoms with E-state index in [1.165, 1.54) is 11.8 Å². The molecule has 26 heavy (non-hydrogen) atoms. The predicted octanol–water partition coefficient (Wildman–Crippen LogP) is 4.35. The molecule has 0 spiro atoms. The number of hydrogen-bond donors (Lipinski definition) is 2. The van der Waals surface area contributed by atoms with E-state index in [0.29, 0.717) is 17.2 Å². The van der Waals surface area contributed by atoms with Crippen molar-refractivity contribution in [2.45, 2.75) is 33.1 Å². The summed E-state index contributed by atoms with van der Waals surface area (Å²) in [5.41, 5.74) is 4.96. The molecule has 0 saturated heterocycles. The second-order valence-corrected chi connectivity index (χ2v) is 7.37. The number of phenolic OH excluding ortho intramolecular Hbond substituents is 1. The Balaban J connectivity index is 1.86. The normalized spacial score (nSPS) is 12.2. The number of nitrogens with zero attached hydrogens (tertiary/aromatic N) is 1. The number of hydrogen-bond acceptors (Lipinski definition) is 4. The second-order valence-electron chi connectivity index (χ2n) is 6.12. The fourth-order valence-electron chi connectivity index (χ4n) is 2.34. The van der Waals surface area contributed by atoms with Crippen molar-refractivity contribution in [2.75, 3.05) is 6.61 Å². The Morgan fingerprint density at radius 2 is 2.04 bits per heavy atom. The largest absolute Gasteiger partial charge is 0.507 e. The molecule has 0 aliphatic heterocycles. The van der Waals surface area contributed by atoms with Gasteiger partial charge in [0, 0.05) is 9.13 Å². The van der Waals surface area contributed by atoms with Crippen LogP contribution in [0.3, 0.4) is 0 Å². The molecule has 2 N–H and O–H groups in total. The third kappa shape index (κ3) is 5.72. The summed E-state index contributed by atoms with van der Waals surface area (Å²) < 4.78 is 6.45. The smallest absolute Gasteiger partial charge is 0.277 e. The number of ether oxygens (including phenoxy) is 1. The fraction of sp³-hybridized carbons (Fsp3) is 0.300. The Labute approximate surface area is 167 Å². The molecule has 0 aliphatic carbocycles. The second kappa shape index (κ2) is 9.56. The van der Waals surface area contributed by atoms with Crippen LogP contribution >= 0.6 is 22.6 Å². The summed E-state index contributed by atoms with van der Waals surface area (Å²) in [5, 5.41) is 13.9. The van der Waals surface area contributed by atoms with E-state index in [1.54, 1.807) is 6.07 Å². The maximum atomic E-state index is 11.8. The monoisotopic (exact) mass is 466 g/mol. The van der Waals surface area contributed by atoms with Crippen molar-refractivity contribution in [3.63, 3.8) is 0 Å². The maximum absolute atomic E-state index is 11.8. The van der Waals surface area contributed by atoms with Crippen molar-refractivity contribution in [1.82, 2.24) is 5.43 Å². The lowest BCUT2D eigenvalue weighted by atomic mass is 9.99. The minimum Gasteiger partial charge on any atom is -0.507 e. The van der Waals surface area contributed by atoms with E-state index < -0.39 is 0 Å². The predicted molar refractivity (Wildman–Crippen MR) is 112 cm³/mol. The molecule has 1 amide bonds. The van der Waals surface area contributed by atoms with Gasteiger partial charge in [-0.05, 0) is 77.2 Å². The van der Waals surface area contributed by atoms with Crippen molar-refractivity contribution in [2.24, 2.45) is 5.10 Å². The summed E-state index contributed by atoms with van der Waals surface area (Å²) in [6.07, 6.45) is 2.50. The molecule has 2 aromatic carbocycles. The lowest BCUT2D eigenvalue weighted by molar-refractivity contribution is -0.123. The number of aromatic hydroxyl groups is 1. The van der Waals surface area contributed by atoms with Crippen LogP contribution in [0, 0.1) is 10.5 Å². The molecule has 0 aromatic heterocycles. The summed E-state index contributed by atoms with van der Waals surface area (Å²) in [6.45, 7) is 6.01. The minimum atomic E-state index is -0.367. The van der Waals surface area contributed by atoms with E-state index in [-0.39, 0.29) is 18.3 Å². The number of carbonyl (C=O) groups excluding carboxylic acids is 1. The van der Waals surface area contributed by atoms with E-state index >= 15 is 0 Å². The van der Waals surface area contributed by atoms with Crippen LogP contribution in [0.4, 0.5) is 0 Å². The minimum absolute atomic E-state index is 0.128. The van der Waals surface area contributed by atoms with Gasteiger partial charge in [-0.25, -0.2) is 5.43 Å². The van der Waals surface area contributed by atoms with Crippen LogP contribution in [0.2, 0.25) is 0 Å². The van der Waals surface area contributed by atoms with E-state index in [4.69, 9.17) is 4.74 Å². The molecule has 0 bridgehead atoms. The molecule has 5 nitrogen and oxygen atoms in total. The average Bonchev–Trinajstić information content (AvgIpc) is 2.63. The molecule has 138 valence electrons. The molecular weight excluding hydrogens is 443 g/mol. The number of hydrazone groups is 1. The van der Waals surface area contributed by atoms with E-state index in [0.717, 1.165) is 15.6 Å². The lowest BCUT2D eigenvalue weighted by Crippen LogP contribution is -2.24. The lowest BCUT2D eigenvalue weighted by Gasteiger charge is -2.10. The van der Waals surface area contributed by atoms with Crippen LogP contribution in [0.25, 0.3) is 0 Å². The maximum Gasteiger partial charge on any atom is 0.277 e. The van der Waals surface area contributed by atoms with Gasteiger partial charge in [-0.1, -0.05) is 26.0 Å². The molecule has 2 rings (SSSR count). The van der Waals surface area contributed by atoms with Crippen molar-refractivity contribution in [3.8, 4) is 11.5 Å². The first kappa shape index (κ1) is 20.2. The first-order valence-electron chi connectivity index (χ1n) is 8.44. The summed E-state index contributed by atoms with van der Waals surface area (Å²) in [6, 6.07) is 11.4. The van der Waals surface area contributed by atoms with Gasteiger partial charge in [0.05, 0.1) is 6.21 Å². The number of nitrogens with one attached hydrogen (secondary N) is 1. The molecule has 6 heteroatoms. The molecule has 1 atom stereocenters. The summed E-state index contributed by atoms with van der Waals surface area (Å²) in [7, 11) is 0. The van der Waals surface area contributed by atoms with Gasteiger partial charge in [0.2, 0.25) is 0 Å². The van der Waals surface area contributed by atoms with E-state index in [9.17, 15) is 9.90 Å². The van der Waals surface area contributed by atoms with E-state index in [1.807, 2.05) is 37.3 Å². The van der Waals surface area contributed by atoms with Gasteiger partial charge in [-0.15, -0.1) is 0 Å². The van der Waals surface area contributed by atoms with Crippen LogP contribution in [-0.2, 0) is 4.79 Å². The quantitative estimate of drug-likeness (QED) is 0.362. The van der Waals surface area contributed by atoms with Crippen molar-refractivity contribution >= 4 is 34.7 Å². The number of amides is 1. The molecular formula is C20H23IN2O3. The molecule has 0 aliphatic rings. The first-order valence-corrected chi connectivity index (χ1v) is 9.52. The SMILES string of the molecule is CC[C@H](C)c1ccc(OCC(=O)N/N=C\c2cc(I)cc(C)c2O)cc1. The highest BCUT2D eigenvalue weighted by Gasteiger charge is 2.06. The first-order chi connectivity index (χ1) is 12.4. The third-order valence-corrected chi connectivity index (χ3v) is 4.74. The van der Waals surface area contributed by atoms with Gasteiger partial charge < -0.3 is 9.84 Å². The highest BCUT2D eigenvalue weighted by atomic mass is 127. The van der Waals surface area contributed by atoms with Crippen molar-refractivity contribution in [3.05, 3.63) is 56.7 Å². The van der Waals surface area contributed by atoms with Crippen molar-refractivity contribution in [1.29, 1.82) is 0 Å². The Morgan fingerprint density at radius 1 is 1.35 bits per heavy atom. The average molecular weight is 466 g/mol. The summed E-state index contributed by atoms with van der Waals surface area (Å²) in [4.78, 5) is 11.8. The van der Waals surface area contributed by atoms with Crippen molar-refractivity contribution < 1.29 is 14.6 Å². The molecule has 0 unspecified atom stereocenters. The van der Waals surface area contributed by atoms with Crippen LogP contribution in [0.5, 0.6) is 11.5 Å². The number of phenols is 1. The summed E-state index contributed by atoms with van der Waals surface area (Å²) >= 11 is 2.16. The number of carbonyl (C=O) groups is 1. The highest BCUT2D eigenvalue weighted by Crippen LogP contribution is 2.23. The van der Waals surface area contributed by atoms with Gasteiger partial charge >= 0.3 is 0 Å². The summed E-state index contributed by atoms with van der Waals surface area (Å²) in [5.74, 6) is 0.931. The molecule has 2 aromatic rings.